The molecule has 0 saturated carbocycles. The summed E-state index contributed by atoms with van der Waals surface area (Å²) in [7, 11) is -3.46. The SMILES string of the molecule is CSC1=NCC(S(=O)(=O)c2ccc(C)cc2)=C(C)N1. The molecular weight excluding hydrogens is 280 g/mol. The summed E-state index contributed by atoms with van der Waals surface area (Å²) >= 11 is 1.47. The Bertz CT molecular complexity index is 644. The maximum Gasteiger partial charge on any atom is 0.206 e. The van der Waals surface area contributed by atoms with Crippen LogP contribution in [0.5, 0.6) is 0 Å². The van der Waals surface area contributed by atoms with Crippen molar-refractivity contribution < 1.29 is 8.42 Å². The molecule has 0 radical (unpaired) electrons. The van der Waals surface area contributed by atoms with E-state index in [-0.39, 0.29) is 6.54 Å². The summed E-state index contributed by atoms with van der Waals surface area (Å²) in [4.78, 5) is 4.88. The van der Waals surface area contributed by atoms with Gasteiger partial charge in [0.15, 0.2) is 5.17 Å². The summed E-state index contributed by atoms with van der Waals surface area (Å²) < 4.78 is 25.1. The molecule has 1 aromatic rings. The van der Waals surface area contributed by atoms with Crippen LogP contribution in [0.1, 0.15) is 12.5 Å². The predicted octanol–water partition coefficient (Wildman–Crippen LogP) is 2.32. The van der Waals surface area contributed by atoms with Crippen LogP contribution in [0.4, 0.5) is 0 Å². The van der Waals surface area contributed by atoms with Crippen LogP contribution in [0.3, 0.4) is 0 Å². The van der Waals surface area contributed by atoms with Gasteiger partial charge in [0, 0.05) is 5.70 Å². The van der Waals surface area contributed by atoms with Crippen molar-refractivity contribution >= 4 is 26.8 Å². The van der Waals surface area contributed by atoms with Crippen molar-refractivity contribution in [3.8, 4) is 0 Å². The van der Waals surface area contributed by atoms with E-state index in [9.17, 15) is 8.42 Å². The second-order valence-electron chi connectivity index (χ2n) is 4.32. The Morgan fingerprint density at radius 3 is 2.37 bits per heavy atom. The third-order valence-corrected chi connectivity index (χ3v) is 5.52. The van der Waals surface area contributed by atoms with Gasteiger partial charge in [0.25, 0.3) is 0 Å². The molecule has 0 spiro atoms. The number of nitrogens with one attached hydrogen (secondary N) is 1. The molecular formula is C13H16N2O2S2. The van der Waals surface area contributed by atoms with Crippen molar-refractivity contribution in [2.24, 2.45) is 4.99 Å². The van der Waals surface area contributed by atoms with Crippen molar-refractivity contribution in [3.05, 3.63) is 40.4 Å². The van der Waals surface area contributed by atoms with E-state index in [1.165, 1.54) is 11.8 Å². The Morgan fingerprint density at radius 2 is 1.84 bits per heavy atom. The van der Waals surface area contributed by atoms with Crippen LogP contribution in [-0.2, 0) is 9.84 Å². The lowest BCUT2D eigenvalue weighted by Gasteiger charge is -2.18. The summed E-state index contributed by atoms with van der Waals surface area (Å²) in [6.45, 7) is 3.90. The van der Waals surface area contributed by atoms with Crippen LogP contribution in [-0.4, -0.2) is 26.4 Å². The first kappa shape index (κ1) is 14.1. The van der Waals surface area contributed by atoms with Gasteiger partial charge < -0.3 is 5.32 Å². The number of nitrogens with zero attached hydrogens (tertiary/aromatic N) is 1. The number of hydrogen-bond acceptors (Lipinski definition) is 5. The van der Waals surface area contributed by atoms with E-state index in [0.717, 1.165) is 10.7 Å². The number of thioether (sulfide) groups is 1. The number of hydrogen-bond donors (Lipinski definition) is 1. The highest BCUT2D eigenvalue weighted by Gasteiger charge is 2.25. The van der Waals surface area contributed by atoms with Gasteiger partial charge in [-0.1, -0.05) is 29.5 Å². The fourth-order valence-electron chi connectivity index (χ4n) is 1.79. The lowest BCUT2D eigenvalue weighted by atomic mass is 10.2. The first-order chi connectivity index (χ1) is 8.95. The number of aliphatic imine (C=N–C) groups is 1. The molecule has 2 rings (SSSR count). The largest absolute Gasteiger partial charge is 0.338 e. The topological polar surface area (TPSA) is 58.5 Å². The molecule has 0 fully saturated rings. The van der Waals surface area contributed by atoms with Crippen LogP contribution in [0.25, 0.3) is 0 Å². The van der Waals surface area contributed by atoms with Gasteiger partial charge in [0.1, 0.15) is 0 Å². The van der Waals surface area contributed by atoms with Gasteiger partial charge in [-0.3, -0.25) is 4.99 Å². The Morgan fingerprint density at radius 1 is 1.21 bits per heavy atom. The smallest absolute Gasteiger partial charge is 0.206 e. The Hall–Kier alpha value is -1.27. The first-order valence-corrected chi connectivity index (χ1v) is 8.53. The van der Waals surface area contributed by atoms with E-state index < -0.39 is 9.84 Å². The lowest BCUT2D eigenvalue weighted by molar-refractivity contribution is 0.600. The molecule has 0 atom stereocenters. The molecule has 4 nitrogen and oxygen atoms in total. The fraction of sp³-hybridized carbons (Fsp3) is 0.308. The second-order valence-corrected chi connectivity index (χ2v) is 7.08. The highest BCUT2D eigenvalue weighted by atomic mass is 32.2. The zero-order valence-electron chi connectivity index (χ0n) is 11.1. The van der Waals surface area contributed by atoms with Gasteiger partial charge in [-0.25, -0.2) is 8.42 Å². The second kappa shape index (κ2) is 5.38. The monoisotopic (exact) mass is 296 g/mol. The molecule has 0 aliphatic carbocycles. The van der Waals surface area contributed by atoms with E-state index in [0.29, 0.717) is 15.5 Å². The van der Waals surface area contributed by atoms with Crippen LogP contribution < -0.4 is 5.32 Å². The number of rotatable bonds is 2. The molecule has 1 aromatic carbocycles. The molecule has 0 amide bonds. The van der Waals surface area contributed by atoms with Crippen LogP contribution in [0, 0.1) is 6.92 Å². The molecule has 0 unspecified atom stereocenters. The van der Waals surface area contributed by atoms with Crippen molar-refractivity contribution in [1.29, 1.82) is 0 Å². The third-order valence-electron chi connectivity index (χ3n) is 2.93. The minimum atomic E-state index is -3.46. The van der Waals surface area contributed by atoms with E-state index >= 15 is 0 Å². The Kier molecular flexibility index (Phi) is 4.01. The van der Waals surface area contributed by atoms with Crippen molar-refractivity contribution in [3.63, 3.8) is 0 Å². The molecule has 1 aliphatic heterocycles. The summed E-state index contributed by atoms with van der Waals surface area (Å²) in [5.74, 6) is 0. The average molecular weight is 296 g/mol. The number of sulfone groups is 1. The molecule has 1 aliphatic rings. The molecule has 0 bridgehead atoms. The minimum absolute atomic E-state index is 0.200. The van der Waals surface area contributed by atoms with E-state index in [2.05, 4.69) is 10.3 Å². The highest BCUT2D eigenvalue weighted by molar-refractivity contribution is 8.13. The molecule has 0 aromatic heterocycles. The zero-order valence-corrected chi connectivity index (χ0v) is 12.7. The first-order valence-electron chi connectivity index (χ1n) is 5.82. The van der Waals surface area contributed by atoms with Crippen molar-refractivity contribution in [1.82, 2.24) is 5.32 Å². The van der Waals surface area contributed by atoms with E-state index in [4.69, 9.17) is 0 Å². The molecule has 19 heavy (non-hydrogen) atoms. The average Bonchev–Trinajstić information content (AvgIpc) is 2.38. The number of allylic oxidation sites excluding steroid dienone is 1. The standard InChI is InChI=1S/C13H16N2O2S2/c1-9-4-6-11(7-5-9)19(16,17)12-8-14-13(18-3)15-10(12)2/h4-7H,8H2,1-3H3,(H,14,15). The third kappa shape index (κ3) is 2.84. The van der Waals surface area contributed by atoms with Gasteiger partial charge in [-0.2, -0.15) is 0 Å². The number of benzene rings is 1. The molecule has 102 valence electrons. The van der Waals surface area contributed by atoms with E-state index in [1.54, 1.807) is 31.2 Å². The normalized spacial score (nSPS) is 16.1. The van der Waals surface area contributed by atoms with Gasteiger partial charge in [0.2, 0.25) is 9.84 Å². The minimum Gasteiger partial charge on any atom is -0.338 e. The van der Waals surface area contributed by atoms with Crippen LogP contribution in [0.15, 0.2) is 44.8 Å². The zero-order chi connectivity index (χ0) is 14.0. The van der Waals surface area contributed by atoms with Gasteiger partial charge >= 0.3 is 0 Å². The van der Waals surface area contributed by atoms with Crippen molar-refractivity contribution in [2.45, 2.75) is 18.7 Å². The fourth-order valence-corrected chi connectivity index (χ4v) is 3.71. The van der Waals surface area contributed by atoms with Crippen LogP contribution >= 0.6 is 11.8 Å². The van der Waals surface area contributed by atoms with Gasteiger partial charge in [-0.05, 0) is 32.2 Å². The highest BCUT2D eigenvalue weighted by Crippen LogP contribution is 2.24. The Labute approximate surface area is 117 Å². The lowest BCUT2D eigenvalue weighted by Crippen LogP contribution is -2.27. The van der Waals surface area contributed by atoms with Crippen LogP contribution in [0.2, 0.25) is 0 Å². The molecule has 0 saturated heterocycles. The maximum absolute atomic E-state index is 12.5. The number of aryl methyl sites for hydroxylation is 1. The van der Waals surface area contributed by atoms with Gasteiger partial charge in [0.05, 0.1) is 16.3 Å². The summed E-state index contributed by atoms with van der Waals surface area (Å²) in [6, 6.07) is 6.88. The molecule has 1 N–H and O–H groups in total. The van der Waals surface area contributed by atoms with E-state index in [1.807, 2.05) is 13.2 Å². The molecule has 1 heterocycles. The summed E-state index contributed by atoms with van der Waals surface area (Å²) in [5, 5.41) is 3.77. The maximum atomic E-state index is 12.5. The Balaban J connectivity index is 2.39. The van der Waals surface area contributed by atoms with Crippen molar-refractivity contribution in [2.75, 3.05) is 12.8 Å². The predicted molar refractivity (Wildman–Crippen MR) is 80.0 cm³/mol. The van der Waals surface area contributed by atoms with Gasteiger partial charge in [-0.15, -0.1) is 0 Å². The number of amidine groups is 1. The molecule has 6 heteroatoms. The summed E-state index contributed by atoms with van der Waals surface area (Å²) in [5.41, 5.74) is 1.69. The summed E-state index contributed by atoms with van der Waals surface area (Å²) in [6.07, 6.45) is 1.90. The quantitative estimate of drug-likeness (QED) is 0.910.